The van der Waals surface area contributed by atoms with E-state index in [1.807, 2.05) is 0 Å². The van der Waals surface area contributed by atoms with Gasteiger partial charge in [-0.25, -0.2) is 5.10 Å². The summed E-state index contributed by atoms with van der Waals surface area (Å²) in [5.74, 6) is 0.417. The van der Waals surface area contributed by atoms with Gasteiger partial charge in [-0.05, 0) is 31.6 Å². The normalized spacial score (nSPS) is 24.6. The van der Waals surface area contributed by atoms with Crippen LogP contribution in [0.15, 0.2) is 11.0 Å². The van der Waals surface area contributed by atoms with Crippen molar-refractivity contribution >= 4 is 17.3 Å². The molecule has 0 amide bonds. The molecule has 0 radical (unpaired) electrons. The fourth-order valence-electron chi connectivity index (χ4n) is 2.19. The van der Waals surface area contributed by atoms with Gasteiger partial charge in [0.1, 0.15) is 5.02 Å². The average Bonchev–Trinajstić information content (AvgIpc) is 2.36. The lowest BCUT2D eigenvalue weighted by molar-refractivity contribution is 0.186. The molecule has 0 aliphatic heterocycles. The fourth-order valence-corrected chi connectivity index (χ4v) is 2.34. The molecule has 2 rings (SSSR count). The van der Waals surface area contributed by atoms with Crippen molar-refractivity contribution in [2.45, 2.75) is 31.7 Å². The summed E-state index contributed by atoms with van der Waals surface area (Å²) >= 11 is 5.88. The highest BCUT2D eigenvalue weighted by atomic mass is 35.5. The van der Waals surface area contributed by atoms with E-state index in [4.69, 9.17) is 16.7 Å². The zero-order chi connectivity index (χ0) is 12.3. The molecule has 0 bridgehead atoms. The standard InChI is InChI=1S/C11H16ClN3O2/c12-10-9(5-13-15-11(10)17)14-8-3-1-7(6-16)2-4-8/h5,7-8,16H,1-4,6H2,(H2,14,15,17). The first-order valence-corrected chi connectivity index (χ1v) is 6.19. The number of aromatic amines is 1. The quantitative estimate of drug-likeness (QED) is 0.765. The summed E-state index contributed by atoms with van der Waals surface area (Å²) in [6.45, 7) is 0.264. The second kappa shape index (κ2) is 5.51. The third-order valence-corrected chi connectivity index (χ3v) is 3.64. The Morgan fingerprint density at radius 1 is 1.47 bits per heavy atom. The molecule has 1 aliphatic rings. The van der Waals surface area contributed by atoms with Gasteiger partial charge < -0.3 is 10.4 Å². The van der Waals surface area contributed by atoms with Gasteiger partial charge in [-0.2, -0.15) is 5.10 Å². The number of anilines is 1. The van der Waals surface area contributed by atoms with Gasteiger partial charge in [0.05, 0.1) is 11.9 Å². The smallest absolute Gasteiger partial charge is 0.285 e. The van der Waals surface area contributed by atoms with Crippen molar-refractivity contribution in [1.82, 2.24) is 10.2 Å². The Morgan fingerprint density at radius 2 is 2.18 bits per heavy atom. The lowest BCUT2D eigenvalue weighted by Crippen LogP contribution is -2.28. The molecule has 1 aliphatic carbocycles. The summed E-state index contributed by atoms with van der Waals surface area (Å²) in [6, 6.07) is 0.305. The predicted molar refractivity (Wildman–Crippen MR) is 66.3 cm³/mol. The molecule has 0 aromatic carbocycles. The Hall–Kier alpha value is -1.07. The number of rotatable bonds is 3. The van der Waals surface area contributed by atoms with E-state index < -0.39 is 0 Å². The van der Waals surface area contributed by atoms with E-state index in [9.17, 15) is 4.79 Å². The number of hydrogen-bond donors (Lipinski definition) is 3. The number of aliphatic hydroxyl groups is 1. The maximum atomic E-state index is 11.3. The summed E-state index contributed by atoms with van der Waals surface area (Å²) in [5.41, 5.74) is 0.212. The van der Waals surface area contributed by atoms with E-state index in [1.54, 1.807) is 0 Å². The topological polar surface area (TPSA) is 78.0 Å². The van der Waals surface area contributed by atoms with Gasteiger partial charge in [0.25, 0.3) is 5.56 Å². The highest BCUT2D eigenvalue weighted by Crippen LogP contribution is 2.27. The molecule has 6 heteroatoms. The molecule has 1 aromatic rings. The number of aromatic nitrogens is 2. The first kappa shape index (κ1) is 12.4. The average molecular weight is 258 g/mol. The zero-order valence-electron chi connectivity index (χ0n) is 9.45. The minimum Gasteiger partial charge on any atom is -0.396 e. The van der Waals surface area contributed by atoms with Crippen molar-refractivity contribution in [3.05, 3.63) is 21.6 Å². The van der Waals surface area contributed by atoms with Crippen LogP contribution in [0.5, 0.6) is 0 Å². The first-order valence-electron chi connectivity index (χ1n) is 5.81. The third-order valence-electron chi connectivity index (χ3n) is 3.26. The molecule has 1 saturated carbocycles. The number of H-pyrrole nitrogens is 1. The van der Waals surface area contributed by atoms with Crippen molar-refractivity contribution in [3.63, 3.8) is 0 Å². The maximum Gasteiger partial charge on any atom is 0.285 e. The molecular formula is C11H16ClN3O2. The van der Waals surface area contributed by atoms with Crippen LogP contribution in [0.1, 0.15) is 25.7 Å². The Morgan fingerprint density at radius 3 is 2.82 bits per heavy atom. The largest absolute Gasteiger partial charge is 0.396 e. The molecule has 1 aromatic heterocycles. The monoisotopic (exact) mass is 257 g/mol. The molecule has 0 saturated heterocycles. The number of halogens is 1. The molecule has 94 valence electrons. The second-order valence-electron chi connectivity index (χ2n) is 4.47. The van der Waals surface area contributed by atoms with Crippen molar-refractivity contribution in [3.8, 4) is 0 Å². The van der Waals surface area contributed by atoms with E-state index in [1.165, 1.54) is 6.20 Å². The lowest BCUT2D eigenvalue weighted by Gasteiger charge is -2.28. The van der Waals surface area contributed by atoms with Crippen LogP contribution >= 0.6 is 11.6 Å². The minimum atomic E-state index is -0.374. The van der Waals surface area contributed by atoms with E-state index in [2.05, 4.69) is 15.5 Å². The maximum absolute atomic E-state index is 11.3. The summed E-state index contributed by atoms with van der Waals surface area (Å²) in [4.78, 5) is 11.3. The van der Waals surface area contributed by atoms with Crippen LogP contribution in [0.4, 0.5) is 5.69 Å². The van der Waals surface area contributed by atoms with Crippen LogP contribution in [0.2, 0.25) is 5.02 Å². The number of aliphatic hydroxyl groups excluding tert-OH is 1. The lowest BCUT2D eigenvalue weighted by atomic mass is 9.86. The van der Waals surface area contributed by atoms with E-state index in [0.717, 1.165) is 25.7 Å². The van der Waals surface area contributed by atoms with Crippen molar-refractivity contribution < 1.29 is 5.11 Å². The number of nitrogens with one attached hydrogen (secondary N) is 2. The Bertz CT molecular complexity index is 427. The van der Waals surface area contributed by atoms with E-state index >= 15 is 0 Å². The van der Waals surface area contributed by atoms with Gasteiger partial charge in [0.15, 0.2) is 0 Å². The highest BCUT2D eigenvalue weighted by molar-refractivity contribution is 6.32. The highest BCUT2D eigenvalue weighted by Gasteiger charge is 2.21. The molecule has 17 heavy (non-hydrogen) atoms. The summed E-state index contributed by atoms with van der Waals surface area (Å²) in [6.07, 6.45) is 5.50. The van der Waals surface area contributed by atoms with Crippen molar-refractivity contribution in [1.29, 1.82) is 0 Å². The summed E-state index contributed by atoms with van der Waals surface area (Å²) in [5, 5.41) is 18.4. The van der Waals surface area contributed by atoms with Gasteiger partial charge in [-0.3, -0.25) is 4.79 Å². The van der Waals surface area contributed by atoms with Crippen LogP contribution in [-0.2, 0) is 0 Å². The third kappa shape index (κ3) is 2.98. The number of hydrogen-bond acceptors (Lipinski definition) is 4. The number of nitrogens with zero attached hydrogens (tertiary/aromatic N) is 1. The molecule has 5 nitrogen and oxygen atoms in total. The minimum absolute atomic E-state index is 0.157. The van der Waals surface area contributed by atoms with Gasteiger partial charge in [0, 0.05) is 12.6 Å². The Balaban J connectivity index is 1.98. The summed E-state index contributed by atoms with van der Waals surface area (Å²) in [7, 11) is 0. The van der Waals surface area contributed by atoms with Crippen LogP contribution in [-0.4, -0.2) is 28.0 Å². The van der Waals surface area contributed by atoms with Crippen LogP contribution in [0.25, 0.3) is 0 Å². The van der Waals surface area contributed by atoms with Crippen LogP contribution in [0, 0.1) is 5.92 Å². The van der Waals surface area contributed by atoms with Gasteiger partial charge in [-0.1, -0.05) is 11.6 Å². The molecule has 0 atom stereocenters. The van der Waals surface area contributed by atoms with Crippen LogP contribution in [0.3, 0.4) is 0 Å². The molecule has 0 spiro atoms. The van der Waals surface area contributed by atoms with Gasteiger partial charge in [-0.15, -0.1) is 0 Å². The molecular weight excluding hydrogens is 242 g/mol. The van der Waals surface area contributed by atoms with E-state index in [0.29, 0.717) is 17.6 Å². The van der Waals surface area contributed by atoms with Crippen molar-refractivity contribution in [2.75, 3.05) is 11.9 Å². The first-order chi connectivity index (χ1) is 8.20. The van der Waals surface area contributed by atoms with Crippen LogP contribution < -0.4 is 10.9 Å². The fraction of sp³-hybridized carbons (Fsp3) is 0.636. The SMILES string of the molecule is O=c1[nH]ncc(NC2CCC(CO)CC2)c1Cl. The van der Waals surface area contributed by atoms with Gasteiger partial charge in [0.2, 0.25) is 0 Å². The molecule has 3 N–H and O–H groups in total. The summed E-state index contributed by atoms with van der Waals surface area (Å²) < 4.78 is 0. The second-order valence-corrected chi connectivity index (χ2v) is 4.85. The predicted octanol–water partition coefficient (Wildman–Crippen LogP) is 1.39. The molecule has 0 unspecified atom stereocenters. The van der Waals surface area contributed by atoms with Gasteiger partial charge >= 0.3 is 0 Å². The van der Waals surface area contributed by atoms with E-state index in [-0.39, 0.29) is 17.2 Å². The van der Waals surface area contributed by atoms with Crippen molar-refractivity contribution in [2.24, 2.45) is 5.92 Å². The Kier molecular flexibility index (Phi) is 4.02. The zero-order valence-corrected chi connectivity index (χ0v) is 10.2. The molecule has 1 fully saturated rings. The molecule has 1 heterocycles. The Labute approximate surface area is 104 Å².